The Morgan fingerprint density at radius 3 is 1.54 bits per heavy atom. The van der Waals surface area contributed by atoms with Gasteiger partial charge < -0.3 is 0 Å². The van der Waals surface area contributed by atoms with Gasteiger partial charge in [-0.15, -0.1) is 0 Å². The highest BCUT2D eigenvalue weighted by Crippen LogP contribution is 2.25. The van der Waals surface area contributed by atoms with Crippen molar-refractivity contribution in [3.8, 4) is 12.1 Å². The van der Waals surface area contributed by atoms with Crippen molar-refractivity contribution < 1.29 is 0 Å². The summed E-state index contributed by atoms with van der Waals surface area (Å²) in [6.07, 6.45) is 0.976. The van der Waals surface area contributed by atoms with Gasteiger partial charge in [-0.25, -0.2) is 0 Å². The quantitative estimate of drug-likeness (QED) is 0.246. The fraction of sp³-hybridized carbons (Fsp3) is 0.579. The van der Waals surface area contributed by atoms with Gasteiger partial charge >= 0.3 is 0 Å². The molecular weight excluding hydrogens is 637 g/mol. The van der Waals surface area contributed by atoms with E-state index in [-0.39, 0.29) is 6.84 Å². The van der Waals surface area contributed by atoms with Crippen molar-refractivity contribution in [3.05, 3.63) is 35.9 Å². The van der Waals surface area contributed by atoms with Crippen LogP contribution in [0.15, 0.2) is 30.3 Å². The van der Waals surface area contributed by atoms with Crippen LogP contribution in [-0.2, 0) is 0 Å². The number of halogens is 3. The van der Waals surface area contributed by atoms with Gasteiger partial charge in [0.1, 0.15) is 6.84 Å². The SMILES string of the molecule is CC(C)(I)C#N.CC(C)CC(C)(I)C#N.CC(I)c1ccccc1. The molecule has 0 aromatic heterocycles. The molecule has 0 aliphatic rings. The molecule has 0 amide bonds. The minimum absolute atomic E-state index is 0.161. The zero-order valence-electron chi connectivity index (χ0n) is 15.3. The summed E-state index contributed by atoms with van der Waals surface area (Å²) < 4.78 is 0.285. The molecule has 0 aliphatic heterocycles. The molecule has 2 unspecified atom stereocenters. The van der Waals surface area contributed by atoms with Crippen LogP contribution in [0.5, 0.6) is 0 Å². The minimum atomic E-state index is -0.183. The van der Waals surface area contributed by atoms with Crippen LogP contribution in [-0.4, -0.2) is 6.84 Å². The molecule has 0 radical (unpaired) electrons. The van der Waals surface area contributed by atoms with E-state index in [9.17, 15) is 0 Å². The first kappa shape index (κ1) is 26.6. The smallest absolute Gasteiger partial charge is 0.106 e. The Bertz CT molecular complexity index is 518. The fourth-order valence-corrected chi connectivity index (χ4v) is 2.83. The number of nitriles is 2. The Morgan fingerprint density at radius 2 is 1.38 bits per heavy atom. The molecule has 1 rings (SSSR count). The Kier molecular flexibility index (Phi) is 15.1. The third-order valence-electron chi connectivity index (χ3n) is 2.55. The Labute approximate surface area is 189 Å². The van der Waals surface area contributed by atoms with Crippen molar-refractivity contribution >= 4 is 67.8 Å². The van der Waals surface area contributed by atoms with Crippen LogP contribution in [0.2, 0.25) is 0 Å². The molecule has 0 N–H and O–H groups in total. The van der Waals surface area contributed by atoms with Gasteiger partial charge in [0, 0.05) is 3.92 Å². The van der Waals surface area contributed by atoms with E-state index in [0.717, 1.165) is 6.42 Å². The highest BCUT2D eigenvalue weighted by atomic mass is 127. The number of rotatable bonds is 3. The fourth-order valence-electron chi connectivity index (χ4n) is 1.53. The Hall–Kier alpha value is 0.390. The molecule has 0 bridgehead atoms. The van der Waals surface area contributed by atoms with Crippen LogP contribution in [0.25, 0.3) is 0 Å². The van der Waals surface area contributed by atoms with Gasteiger partial charge in [-0.3, -0.25) is 0 Å². The van der Waals surface area contributed by atoms with Gasteiger partial charge in [0.15, 0.2) is 0 Å². The van der Waals surface area contributed by atoms with Crippen LogP contribution in [0, 0.1) is 28.6 Å². The zero-order chi connectivity index (χ0) is 19.4. The van der Waals surface area contributed by atoms with E-state index in [2.05, 4.69) is 125 Å². The van der Waals surface area contributed by atoms with Gasteiger partial charge in [-0.2, -0.15) is 10.5 Å². The second-order valence-corrected chi connectivity index (χ2v) is 13.5. The molecule has 5 heteroatoms. The molecular formula is C19H27I3N2. The second-order valence-electron chi connectivity index (χ2n) is 6.52. The van der Waals surface area contributed by atoms with E-state index in [1.54, 1.807) is 0 Å². The van der Waals surface area contributed by atoms with Gasteiger partial charge in [0.05, 0.1) is 12.1 Å². The van der Waals surface area contributed by atoms with Crippen molar-refractivity contribution in [2.75, 3.05) is 0 Å². The monoisotopic (exact) mass is 664 g/mol. The minimum Gasteiger partial charge on any atom is -0.197 e. The molecule has 0 spiro atoms. The molecule has 2 atom stereocenters. The predicted octanol–water partition coefficient (Wildman–Crippen LogP) is 7.66. The standard InChI is InChI=1S/C8H9I.C7H12IN.C4H6IN/c1-7(9)8-5-3-2-4-6-8;1-6(2)4-7(3,8)5-9;1-4(2,5)3-6/h2-7H,1H3;6H,4H2,1-3H3;1-2H3. The maximum atomic E-state index is 8.59. The first-order valence-electron chi connectivity index (χ1n) is 7.74. The molecule has 134 valence electrons. The zero-order valence-corrected chi connectivity index (χ0v) is 21.7. The molecule has 24 heavy (non-hydrogen) atoms. The van der Waals surface area contributed by atoms with Crippen LogP contribution >= 0.6 is 67.8 Å². The van der Waals surface area contributed by atoms with Gasteiger partial charge in [-0.1, -0.05) is 112 Å². The lowest BCUT2D eigenvalue weighted by Crippen LogP contribution is -2.14. The van der Waals surface area contributed by atoms with Gasteiger partial charge in [0.25, 0.3) is 0 Å². The van der Waals surface area contributed by atoms with Crippen LogP contribution < -0.4 is 0 Å². The summed E-state index contributed by atoms with van der Waals surface area (Å²) in [7, 11) is 0. The lowest BCUT2D eigenvalue weighted by atomic mass is 10.0. The first-order chi connectivity index (χ1) is 10.8. The summed E-state index contributed by atoms with van der Waals surface area (Å²) >= 11 is 6.68. The van der Waals surface area contributed by atoms with Crippen molar-refractivity contribution in [2.45, 2.75) is 58.7 Å². The number of benzene rings is 1. The van der Waals surface area contributed by atoms with E-state index in [1.807, 2.05) is 26.8 Å². The normalized spacial score (nSPS) is 13.8. The molecule has 1 aromatic carbocycles. The van der Waals surface area contributed by atoms with Gasteiger partial charge in [-0.05, 0) is 45.6 Å². The third kappa shape index (κ3) is 18.7. The third-order valence-corrected chi connectivity index (χ3v) is 4.19. The van der Waals surface area contributed by atoms with Crippen molar-refractivity contribution in [1.82, 2.24) is 0 Å². The van der Waals surface area contributed by atoms with Crippen LogP contribution in [0.4, 0.5) is 0 Å². The lowest BCUT2D eigenvalue weighted by Gasteiger charge is -2.14. The summed E-state index contributed by atoms with van der Waals surface area (Å²) in [5.41, 5.74) is 1.40. The van der Waals surface area contributed by atoms with E-state index in [4.69, 9.17) is 10.5 Å². The number of nitrogens with zero attached hydrogens (tertiary/aromatic N) is 2. The Morgan fingerprint density at radius 1 is 0.958 bits per heavy atom. The largest absolute Gasteiger partial charge is 0.197 e. The molecule has 0 saturated carbocycles. The summed E-state index contributed by atoms with van der Waals surface area (Å²) in [6, 6.07) is 14.8. The average Bonchev–Trinajstić information content (AvgIpc) is 2.47. The molecule has 0 heterocycles. The van der Waals surface area contributed by atoms with Crippen molar-refractivity contribution in [1.29, 1.82) is 10.5 Å². The maximum absolute atomic E-state index is 8.59. The first-order valence-corrected chi connectivity index (χ1v) is 11.1. The van der Waals surface area contributed by atoms with E-state index >= 15 is 0 Å². The number of alkyl halides is 3. The molecule has 1 aromatic rings. The summed E-state index contributed by atoms with van der Waals surface area (Å²) in [6.45, 7) is 12.2. The summed E-state index contributed by atoms with van der Waals surface area (Å²) in [5, 5.41) is 16.7. The van der Waals surface area contributed by atoms with Crippen molar-refractivity contribution in [3.63, 3.8) is 0 Å². The number of hydrogen-bond donors (Lipinski definition) is 0. The summed E-state index contributed by atoms with van der Waals surface area (Å²) in [5.74, 6) is 0.617. The highest BCUT2D eigenvalue weighted by molar-refractivity contribution is 14.1. The van der Waals surface area contributed by atoms with Crippen molar-refractivity contribution in [2.24, 2.45) is 5.92 Å². The lowest BCUT2D eigenvalue weighted by molar-refractivity contribution is 0.551. The molecule has 0 saturated heterocycles. The van der Waals surface area contributed by atoms with E-state index in [1.165, 1.54) is 5.56 Å². The molecule has 0 aliphatic carbocycles. The Balaban J connectivity index is 0. The second kappa shape index (κ2) is 13.6. The molecule has 2 nitrogen and oxygen atoms in total. The highest BCUT2D eigenvalue weighted by Gasteiger charge is 2.19. The predicted molar refractivity (Wildman–Crippen MR) is 130 cm³/mol. The summed E-state index contributed by atoms with van der Waals surface area (Å²) in [4.78, 5) is 0. The average molecular weight is 664 g/mol. The van der Waals surface area contributed by atoms with E-state index in [0.29, 0.717) is 9.84 Å². The number of hydrogen-bond acceptors (Lipinski definition) is 2. The maximum Gasteiger partial charge on any atom is 0.106 e. The molecule has 0 fully saturated rings. The van der Waals surface area contributed by atoms with Gasteiger partial charge in [0.2, 0.25) is 0 Å². The van der Waals surface area contributed by atoms with Crippen LogP contribution in [0.1, 0.15) is 57.5 Å². The van der Waals surface area contributed by atoms with Crippen LogP contribution in [0.3, 0.4) is 0 Å². The van der Waals surface area contributed by atoms with E-state index < -0.39 is 0 Å². The topological polar surface area (TPSA) is 47.6 Å².